The highest BCUT2D eigenvalue weighted by molar-refractivity contribution is 9.10. The van der Waals surface area contributed by atoms with Crippen molar-refractivity contribution in [1.29, 1.82) is 0 Å². The van der Waals surface area contributed by atoms with Gasteiger partial charge in [0.1, 0.15) is 11.5 Å². The molecule has 92 valence electrons. The van der Waals surface area contributed by atoms with E-state index in [-0.39, 0.29) is 0 Å². The summed E-state index contributed by atoms with van der Waals surface area (Å²) >= 11 is 3.41. The first kappa shape index (κ1) is 12.8. The van der Waals surface area contributed by atoms with Crippen LogP contribution in [0.3, 0.4) is 0 Å². The molecule has 2 nitrogen and oxygen atoms in total. The minimum Gasteiger partial charge on any atom is -0.456 e. The van der Waals surface area contributed by atoms with Crippen LogP contribution in [0.4, 0.5) is 0 Å². The van der Waals surface area contributed by atoms with Crippen molar-refractivity contribution >= 4 is 22.2 Å². The Kier molecular flexibility index (Phi) is 3.82. The van der Waals surface area contributed by atoms with Gasteiger partial charge in [0.2, 0.25) is 0 Å². The third-order valence-electron chi connectivity index (χ3n) is 2.65. The topological polar surface area (TPSA) is 26.3 Å². The zero-order chi connectivity index (χ0) is 13.1. The van der Waals surface area contributed by atoms with Crippen molar-refractivity contribution in [3.05, 3.63) is 57.6 Å². The molecule has 2 rings (SSSR count). The summed E-state index contributed by atoms with van der Waals surface area (Å²) in [7, 11) is 0. The normalized spacial score (nSPS) is 10.2. The molecule has 0 aliphatic carbocycles. The van der Waals surface area contributed by atoms with E-state index in [1.807, 2.05) is 50.2 Å². The van der Waals surface area contributed by atoms with Crippen LogP contribution in [0, 0.1) is 13.8 Å². The summed E-state index contributed by atoms with van der Waals surface area (Å²) in [5.74, 6) is 1.34. The summed E-state index contributed by atoms with van der Waals surface area (Å²) in [5, 5.41) is 0. The van der Waals surface area contributed by atoms with E-state index in [2.05, 4.69) is 15.9 Å². The maximum absolute atomic E-state index is 11.0. The molecule has 2 aromatic carbocycles. The Morgan fingerprint density at radius 2 is 1.78 bits per heavy atom. The van der Waals surface area contributed by atoms with E-state index in [0.29, 0.717) is 11.3 Å². The second kappa shape index (κ2) is 5.36. The Labute approximate surface area is 115 Å². The first-order valence-electron chi connectivity index (χ1n) is 5.60. The Morgan fingerprint density at radius 3 is 2.44 bits per heavy atom. The number of hydrogen-bond donors (Lipinski definition) is 0. The fraction of sp³-hybridized carbons (Fsp3) is 0.133. The smallest absolute Gasteiger partial charge is 0.153 e. The monoisotopic (exact) mass is 304 g/mol. The predicted molar refractivity (Wildman–Crippen MR) is 75.5 cm³/mol. The Morgan fingerprint density at radius 1 is 1.06 bits per heavy atom. The lowest BCUT2D eigenvalue weighted by atomic mass is 10.1. The number of carbonyl (C=O) groups is 1. The lowest BCUT2D eigenvalue weighted by molar-refractivity contribution is 0.112. The van der Waals surface area contributed by atoms with Gasteiger partial charge in [-0.05, 0) is 49.7 Å². The molecule has 0 radical (unpaired) electrons. The summed E-state index contributed by atoms with van der Waals surface area (Å²) < 4.78 is 6.80. The quantitative estimate of drug-likeness (QED) is 0.770. The summed E-state index contributed by atoms with van der Waals surface area (Å²) in [4.78, 5) is 11.0. The van der Waals surface area contributed by atoms with Crippen molar-refractivity contribution in [2.75, 3.05) is 0 Å². The van der Waals surface area contributed by atoms with Gasteiger partial charge < -0.3 is 4.74 Å². The highest BCUT2D eigenvalue weighted by atomic mass is 79.9. The fourth-order valence-electron chi connectivity index (χ4n) is 1.70. The highest BCUT2D eigenvalue weighted by Gasteiger charge is 2.06. The molecule has 0 N–H and O–H groups in total. The summed E-state index contributed by atoms with van der Waals surface area (Å²) in [6.45, 7) is 3.91. The minimum atomic E-state index is 0.567. The SMILES string of the molecule is Cc1ccc(Oc2ccc(Br)cc2C)c(C=O)c1. The maximum atomic E-state index is 11.0. The summed E-state index contributed by atoms with van der Waals surface area (Å²) in [6, 6.07) is 11.3. The number of halogens is 1. The van der Waals surface area contributed by atoms with Crippen molar-refractivity contribution in [2.24, 2.45) is 0 Å². The number of benzene rings is 2. The van der Waals surface area contributed by atoms with Crippen molar-refractivity contribution in [3.63, 3.8) is 0 Å². The Bertz CT molecular complexity index is 591. The first-order valence-corrected chi connectivity index (χ1v) is 6.39. The molecule has 0 aliphatic rings. The number of carbonyl (C=O) groups excluding carboxylic acids is 1. The zero-order valence-corrected chi connectivity index (χ0v) is 11.8. The Balaban J connectivity index is 2.36. The molecule has 0 saturated heterocycles. The van der Waals surface area contributed by atoms with Gasteiger partial charge in [-0.2, -0.15) is 0 Å². The predicted octanol–water partition coefficient (Wildman–Crippen LogP) is 4.67. The van der Waals surface area contributed by atoms with Crippen LogP contribution >= 0.6 is 15.9 Å². The number of aryl methyl sites for hydroxylation is 2. The van der Waals surface area contributed by atoms with Crippen LogP contribution in [0.5, 0.6) is 11.5 Å². The lowest BCUT2D eigenvalue weighted by Gasteiger charge is -2.11. The van der Waals surface area contributed by atoms with Gasteiger partial charge in [0.25, 0.3) is 0 Å². The van der Waals surface area contributed by atoms with Gasteiger partial charge in [-0.15, -0.1) is 0 Å². The third kappa shape index (κ3) is 2.79. The largest absolute Gasteiger partial charge is 0.456 e. The molecule has 18 heavy (non-hydrogen) atoms. The van der Waals surface area contributed by atoms with Gasteiger partial charge in [-0.3, -0.25) is 4.79 Å². The molecule has 2 aromatic rings. The molecule has 0 aliphatic heterocycles. The van der Waals surface area contributed by atoms with E-state index >= 15 is 0 Å². The van der Waals surface area contributed by atoms with Crippen LogP contribution in [0.15, 0.2) is 40.9 Å². The van der Waals surface area contributed by atoms with E-state index in [1.165, 1.54) is 0 Å². The Hall–Kier alpha value is -1.61. The number of aldehydes is 1. The molecule has 0 bridgehead atoms. The van der Waals surface area contributed by atoms with Crippen LogP contribution < -0.4 is 4.74 Å². The van der Waals surface area contributed by atoms with Crippen molar-refractivity contribution in [2.45, 2.75) is 13.8 Å². The van der Waals surface area contributed by atoms with Gasteiger partial charge in [-0.1, -0.05) is 27.6 Å². The standard InChI is InChI=1S/C15H13BrO2/c1-10-3-5-15(12(7-10)9-17)18-14-6-4-13(16)8-11(14)2/h3-9H,1-2H3. The second-order valence-corrected chi connectivity index (χ2v) is 5.09. The lowest BCUT2D eigenvalue weighted by Crippen LogP contribution is -1.93. The number of rotatable bonds is 3. The van der Waals surface area contributed by atoms with Gasteiger partial charge in [0.15, 0.2) is 6.29 Å². The summed E-state index contributed by atoms with van der Waals surface area (Å²) in [6.07, 6.45) is 0.816. The molecule has 0 heterocycles. The molecule has 3 heteroatoms. The molecular formula is C15H13BrO2. The van der Waals surface area contributed by atoms with E-state index in [4.69, 9.17) is 4.74 Å². The molecule has 0 spiro atoms. The van der Waals surface area contributed by atoms with Crippen LogP contribution in [0.2, 0.25) is 0 Å². The van der Waals surface area contributed by atoms with Gasteiger partial charge in [0.05, 0.1) is 5.56 Å². The first-order chi connectivity index (χ1) is 8.60. The van der Waals surface area contributed by atoms with E-state index < -0.39 is 0 Å². The maximum Gasteiger partial charge on any atom is 0.153 e. The van der Waals surface area contributed by atoms with Crippen LogP contribution in [0.1, 0.15) is 21.5 Å². The third-order valence-corrected chi connectivity index (χ3v) is 3.14. The number of ether oxygens (including phenoxy) is 1. The minimum absolute atomic E-state index is 0.567. The van der Waals surface area contributed by atoms with Crippen molar-refractivity contribution in [1.82, 2.24) is 0 Å². The summed E-state index contributed by atoms with van der Waals surface area (Å²) in [5.41, 5.74) is 2.62. The molecule has 0 fully saturated rings. The van der Waals surface area contributed by atoms with Gasteiger partial charge >= 0.3 is 0 Å². The fourth-order valence-corrected chi connectivity index (χ4v) is 2.17. The van der Waals surface area contributed by atoms with E-state index in [1.54, 1.807) is 0 Å². The highest BCUT2D eigenvalue weighted by Crippen LogP contribution is 2.29. The average Bonchev–Trinajstić information content (AvgIpc) is 2.34. The van der Waals surface area contributed by atoms with Crippen molar-refractivity contribution < 1.29 is 9.53 Å². The van der Waals surface area contributed by atoms with Crippen LogP contribution in [-0.4, -0.2) is 6.29 Å². The molecule has 0 unspecified atom stereocenters. The average molecular weight is 305 g/mol. The van der Waals surface area contributed by atoms with Gasteiger partial charge in [-0.25, -0.2) is 0 Å². The van der Waals surface area contributed by atoms with Crippen LogP contribution in [0.25, 0.3) is 0 Å². The molecule has 0 saturated carbocycles. The molecule has 0 aromatic heterocycles. The molecular weight excluding hydrogens is 292 g/mol. The van der Waals surface area contributed by atoms with Crippen molar-refractivity contribution in [3.8, 4) is 11.5 Å². The van der Waals surface area contributed by atoms with E-state index in [0.717, 1.165) is 27.6 Å². The molecule has 0 amide bonds. The number of hydrogen-bond acceptors (Lipinski definition) is 2. The zero-order valence-electron chi connectivity index (χ0n) is 10.2. The van der Waals surface area contributed by atoms with Crippen LogP contribution in [-0.2, 0) is 0 Å². The van der Waals surface area contributed by atoms with E-state index in [9.17, 15) is 4.79 Å². The van der Waals surface area contributed by atoms with Gasteiger partial charge in [0, 0.05) is 4.47 Å². The molecule has 0 atom stereocenters. The second-order valence-electron chi connectivity index (χ2n) is 4.17.